The van der Waals surface area contributed by atoms with Crippen molar-refractivity contribution in [2.45, 2.75) is 19.5 Å². The van der Waals surface area contributed by atoms with Gasteiger partial charge < -0.3 is 15.2 Å². The molecular weight excluding hydrogens is 448 g/mol. The van der Waals surface area contributed by atoms with Crippen molar-refractivity contribution < 1.29 is 0 Å². The van der Waals surface area contributed by atoms with Gasteiger partial charge in [0.05, 0.1) is 6.33 Å². The molecule has 0 fully saturated rings. The second-order valence-electron chi connectivity index (χ2n) is 4.74. The highest BCUT2D eigenvalue weighted by Crippen LogP contribution is 2.20. The van der Waals surface area contributed by atoms with E-state index in [1.807, 2.05) is 29.2 Å². The van der Waals surface area contributed by atoms with Gasteiger partial charge in [-0.3, -0.25) is 4.99 Å². The van der Waals surface area contributed by atoms with Crippen LogP contribution in [-0.2, 0) is 13.1 Å². The van der Waals surface area contributed by atoms with Crippen molar-refractivity contribution in [3.05, 3.63) is 52.5 Å². The van der Waals surface area contributed by atoms with Crippen LogP contribution in [0.2, 0.25) is 10.0 Å². The van der Waals surface area contributed by atoms with Crippen molar-refractivity contribution >= 4 is 53.1 Å². The maximum Gasteiger partial charge on any atom is 0.191 e. The third-order valence-corrected chi connectivity index (χ3v) is 3.72. The lowest BCUT2D eigenvalue weighted by Gasteiger charge is -2.13. The molecule has 0 saturated heterocycles. The van der Waals surface area contributed by atoms with Crippen molar-refractivity contribution in [1.29, 1.82) is 0 Å². The van der Waals surface area contributed by atoms with Crippen LogP contribution in [0.4, 0.5) is 0 Å². The minimum atomic E-state index is 0. The zero-order valence-electron chi connectivity index (χ0n) is 12.8. The first-order chi connectivity index (χ1) is 10.7. The molecule has 23 heavy (non-hydrogen) atoms. The Morgan fingerprint density at radius 2 is 2.13 bits per heavy atom. The van der Waals surface area contributed by atoms with Crippen molar-refractivity contribution in [3.63, 3.8) is 0 Å². The summed E-state index contributed by atoms with van der Waals surface area (Å²) in [5.74, 6) is 0.747. The van der Waals surface area contributed by atoms with E-state index < -0.39 is 0 Å². The first kappa shape index (κ1) is 20.1. The fourth-order valence-electron chi connectivity index (χ4n) is 1.95. The zero-order valence-corrected chi connectivity index (χ0v) is 16.6. The van der Waals surface area contributed by atoms with E-state index >= 15 is 0 Å². The summed E-state index contributed by atoms with van der Waals surface area (Å²) in [5.41, 5.74) is 0.979. The molecule has 0 atom stereocenters. The van der Waals surface area contributed by atoms with E-state index in [0.717, 1.165) is 31.0 Å². The number of hydrogen-bond acceptors (Lipinski definition) is 2. The average molecular weight is 468 g/mol. The van der Waals surface area contributed by atoms with Crippen LogP contribution in [0.15, 0.2) is 41.9 Å². The Balaban J connectivity index is 0.00000264. The fraction of sp³-hybridized carbons (Fsp3) is 0.333. The van der Waals surface area contributed by atoms with Gasteiger partial charge in [-0.25, -0.2) is 4.98 Å². The molecule has 0 aliphatic carbocycles. The number of nitrogens with zero attached hydrogens (tertiary/aromatic N) is 3. The fourth-order valence-corrected chi connectivity index (χ4v) is 2.43. The van der Waals surface area contributed by atoms with Gasteiger partial charge in [0, 0.05) is 49.1 Å². The molecule has 2 aromatic rings. The normalized spacial score (nSPS) is 11.0. The molecule has 2 rings (SSSR count). The molecule has 0 amide bonds. The zero-order chi connectivity index (χ0) is 15.8. The van der Waals surface area contributed by atoms with Gasteiger partial charge in [0.15, 0.2) is 5.96 Å². The van der Waals surface area contributed by atoms with Crippen LogP contribution in [0.1, 0.15) is 12.0 Å². The molecular formula is C15H20Cl2IN5. The first-order valence-electron chi connectivity index (χ1n) is 7.03. The van der Waals surface area contributed by atoms with Crippen molar-refractivity contribution in [2.24, 2.45) is 4.99 Å². The summed E-state index contributed by atoms with van der Waals surface area (Å²) >= 11 is 12.0. The Labute approximate surface area is 163 Å². The molecule has 0 aliphatic rings. The van der Waals surface area contributed by atoms with Gasteiger partial charge >= 0.3 is 0 Å². The van der Waals surface area contributed by atoms with E-state index in [-0.39, 0.29) is 24.0 Å². The molecule has 126 valence electrons. The number of aryl methyl sites for hydroxylation is 1. The minimum Gasteiger partial charge on any atom is -0.356 e. The summed E-state index contributed by atoms with van der Waals surface area (Å²) in [6.45, 7) is 2.34. The lowest BCUT2D eigenvalue weighted by molar-refractivity contribution is 0.624. The second kappa shape index (κ2) is 10.7. The quantitative estimate of drug-likeness (QED) is 0.295. The largest absolute Gasteiger partial charge is 0.356 e. The van der Waals surface area contributed by atoms with Crippen molar-refractivity contribution in [1.82, 2.24) is 20.2 Å². The van der Waals surface area contributed by atoms with Crippen LogP contribution < -0.4 is 10.6 Å². The van der Waals surface area contributed by atoms with Crippen molar-refractivity contribution in [3.8, 4) is 0 Å². The van der Waals surface area contributed by atoms with Crippen LogP contribution in [-0.4, -0.2) is 29.1 Å². The molecule has 5 nitrogen and oxygen atoms in total. The van der Waals surface area contributed by atoms with Crippen molar-refractivity contribution in [2.75, 3.05) is 13.6 Å². The lowest BCUT2D eigenvalue weighted by Crippen LogP contribution is -2.37. The monoisotopic (exact) mass is 467 g/mol. The third kappa shape index (κ3) is 6.97. The van der Waals surface area contributed by atoms with Gasteiger partial charge in [-0.05, 0) is 24.1 Å². The molecule has 1 aromatic carbocycles. The highest BCUT2D eigenvalue weighted by molar-refractivity contribution is 14.0. The number of aliphatic imine (C=N–C) groups is 1. The summed E-state index contributed by atoms with van der Waals surface area (Å²) in [7, 11) is 1.74. The Kier molecular flexibility index (Phi) is 9.35. The van der Waals surface area contributed by atoms with E-state index in [0.29, 0.717) is 16.6 Å². The average Bonchev–Trinajstić information content (AvgIpc) is 3.01. The Morgan fingerprint density at radius 3 is 2.78 bits per heavy atom. The summed E-state index contributed by atoms with van der Waals surface area (Å²) in [6, 6.07) is 5.47. The lowest BCUT2D eigenvalue weighted by atomic mass is 10.2. The number of hydrogen-bond donors (Lipinski definition) is 2. The first-order valence-corrected chi connectivity index (χ1v) is 7.79. The maximum absolute atomic E-state index is 6.15. The van der Waals surface area contributed by atoms with Crippen LogP contribution in [0, 0.1) is 0 Å². The van der Waals surface area contributed by atoms with E-state index in [1.165, 1.54) is 0 Å². The number of rotatable bonds is 6. The van der Waals surface area contributed by atoms with Crippen LogP contribution in [0.3, 0.4) is 0 Å². The predicted molar refractivity (Wildman–Crippen MR) is 107 cm³/mol. The number of nitrogens with one attached hydrogen (secondary N) is 2. The van der Waals surface area contributed by atoms with Gasteiger partial charge in [0.2, 0.25) is 0 Å². The highest BCUT2D eigenvalue weighted by atomic mass is 127. The van der Waals surface area contributed by atoms with E-state index in [4.69, 9.17) is 23.2 Å². The van der Waals surface area contributed by atoms with Gasteiger partial charge in [0.25, 0.3) is 0 Å². The summed E-state index contributed by atoms with van der Waals surface area (Å²) in [4.78, 5) is 8.21. The SMILES string of the molecule is CN=C(NCCCn1ccnc1)NCc1ccc(Cl)cc1Cl.I. The van der Waals surface area contributed by atoms with E-state index in [9.17, 15) is 0 Å². The predicted octanol–water partition coefficient (Wildman–Crippen LogP) is 3.56. The third-order valence-electron chi connectivity index (χ3n) is 3.13. The van der Waals surface area contributed by atoms with Crippen LogP contribution in [0.5, 0.6) is 0 Å². The standard InChI is InChI=1S/C15H19Cl2N5.HI/c1-18-15(20-5-2-7-22-8-6-19-11-22)21-10-12-3-4-13(16)9-14(12)17;/h3-4,6,8-9,11H,2,5,7,10H2,1H3,(H2,18,20,21);1H. The van der Waals surface area contributed by atoms with Gasteiger partial charge in [-0.1, -0.05) is 29.3 Å². The number of halogens is 3. The molecule has 0 bridgehead atoms. The minimum absolute atomic E-state index is 0. The van der Waals surface area contributed by atoms with Crippen LogP contribution in [0.25, 0.3) is 0 Å². The van der Waals surface area contributed by atoms with E-state index in [1.54, 1.807) is 19.3 Å². The van der Waals surface area contributed by atoms with Gasteiger partial charge in [0.1, 0.15) is 0 Å². The second-order valence-corrected chi connectivity index (χ2v) is 5.59. The van der Waals surface area contributed by atoms with Crippen LogP contribution >= 0.6 is 47.2 Å². The Morgan fingerprint density at radius 1 is 1.30 bits per heavy atom. The molecule has 8 heteroatoms. The Hall–Kier alpha value is -0.990. The smallest absolute Gasteiger partial charge is 0.191 e. The summed E-state index contributed by atoms with van der Waals surface area (Å²) < 4.78 is 2.05. The molecule has 0 unspecified atom stereocenters. The Bertz CT molecular complexity index is 616. The topological polar surface area (TPSA) is 54.2 Å². The van der Waals surface area contributed by atoms with Gasteiger partial charge in [-0.15, -0.1) is 24.0 Å². The summed E-state index contributed by atoms with van der Waals surface area (Å²) in [5, 5.41) is 7.78. The molecule has 1 aromatic heterocycles. The van der Waals surface area contributed by atoms with E-state index in [2.05, 4.69) is 20.6 Å². The highest BCUT2D eigenvalue weighted by Gasteiger charge is 2.03. The molecule has 0 aliphatic heterocycles. The molecule has 0 saturated carbocycles. The number of imidazole rings is 1. The maximum atomic E-state index is 6.15. The number of guanidine groups is 1. The molecule has 1 heterocycles. The number of benzene rings is 1. The molecule has 0 spiro atoms. The summed E-state index contributed by atoms with van der Waals surface area (Å²) in [6.07, 6.45) is 6.54. The number of aromatic nitrogens is 2. The van der Waals surface area contributed by atoms with Gasteiger partial charge in [-0.2, -0.15) is 0 Å². The molecule has 0 radical (unpaired) electrons. The molecule has 2 N–H and O–H groups in total.